The maximum Gasteiger partial charge on any atom is 0.0749 e. The van der Waals surface area contributed by atoms with E-state index in [1.54, 1.807) is 24.4 Å². The molecule has 1 heterocycles. The maximum atomic E-state index is 6.02. The van der Waals surface area contributed by atoms with Gasteiger partial charge < -0.3 is 4.98 Å². The molecule has 3 nitrogen and oxygen atoms in total. The molecule has 0 saturated carbocycles. The summed E-state index contributed by atoms with van der Waals surface area (Å²) in [7, 11) is 0. The predicted octanol–water partition coefficient (Wildman–Crippen LogP) is 4.38. The number of nitrogens with zero attached hydrogens (tertiary/aromatic N) is 1. The zero-order valence-corrected chi connectivity index (χ0v) is 11.6. The van der Waals surface area contributed by atoms with Gasteiger partial charge in [0.2, 0.25) is 0 Å². The van der Waals surface area contributed by atoms with Crippen molar-refractivity contribution in [1.82, 2.24) is 4.98 Å². The van der Waals surface area contributed by atoms with Gasteiger partial charge in [0, 0.05) is 22.0 Å². The van der Waals surface area contributed by atoms with E-state index in [2.05, 4.69) is 15.5 Å². The zero-order valence-electron chi connectivity index (χ0n) is 10.1. The third kappa shape index (κ3) is 3.06. The number of benzene rings is 1. The number of aromatic nitrogens is 1. The molecule has 0 amide bonds. The lowest BCUT2D eigenvalue weighted by Gasteiger charge is -2.02. The van der Waals surface area contributed by atoms with Crippen LogP contribution in [0, 0.1) is 13.8 Å². The molecule has 0 saturated heterocycles. The van der Waals surface area contributed by atoms with Crippen molar-refractivity contribution in [2.45, 2.75) is 13.8 Å². The van der Waals surface area contributed by atoms with Gasteiger partial charge in [0.15, 0.2) is 0 Å². The lowest BCUT2D eigenvalue weighted by atomic mass is 10.3. The average molecular weight is 282 g/mol. The van der Waals surface area contributed by atoms with E-state index >= 15 is 0 Å². The molecule has 5 heteroatoms. The minimum Gasteiger partial charge on any atom is -0.362 e. The molecule has 94 valence electrons. The molecule has 0 radical (unpaired) electrons. The van der Waals surface area contributed by atoms with Crippen LogP contribution in [0.25, 0.3) is 0 Å². The van der Waals surface area contributed by atoms with Crippen molar-refractivity contribution in [3.05, 3.63) is 51.3 Å². The molecule has 0 spiro atoms. The molecule has 2 rings (SSSR count). The Labute approximate surface area is 116 Å². The van der Waals surface area contributed by atoms with Crippen LogP contribution >= 0.6 is 23.2 Å². The molecule has 2 aromatic rings. The highest BCUT2D eigenvalue weighted by Crippen LogP contribution is 2.25. The first-order chi connectivity index (χ1) is 8.56. The monoisotopic (exact) mass is 281 g/mol. The molecule has 0 aliphatic heterocycles. The Bertz CT molecular complexity index is 588. The quantitative estimate of drug-likeness (QED) is 0.636. The molecule has 18 heavy (non-hydrogen) atoms. The Morgan fingerprint density at radius 1 is 1.22 bits per heavy atom. The zero-order chi connectivity index (χ0) is 13.1. The lowest BCUT2D eigenvalue weighted by Crippen LogP contribution is -1.91. The summed E-state index contributed by atoms with van der Waals surface area (Å²) in [6.45, 7) is 4.01. The number of anilines is 1. The van der Waals surface area contributed by atoms with Gasteiger partial charge in [-0.2, -0.15) is 5.10 Å². The van der Waals surface area contributed by atoms with Gasteiger partial charge in [-0.3, -0.25) is 5.43 Å². The first-order valence-electron chi connectivity index (χ1n) is 5.46. The smallest absolute Gasteiger partial charge is 0.0749 e. The number of hydrogen-bond donors (Lipinski definition) is 2. The van der Waals surface area contributed by atoms with E-state index in [4.69, 9.17) is 23.2 Å². The third-order valence-corrected chi connectivity index (χ3v) is 3.06. The molecular weight excluding hydrogens is 269 g/mol. The number of hydrogen-bond acceptors (Lipinski definition) is 2. The van der Waals surface area contributed by atoms with Crippen LogP contribution in [0.5, 0.6) is 0 Å². The van der Waals surface area contributed by atoms with Crippen LogP contribution in [-0.2, 0) is 0 Å². The van der Waals surface area contributed by atoms with Gasteiger partial charge in [0.05, 0.1) is 16.9 Å². The number of aromatic amines is 1. The van der Waals surface area contributed by atoms with Gasteiger partial charge in [-0.25, -0.2) is 0 Å². The highest BCUT2D eigenvalue weighted by Gasteiger charge is 2.00. The van der Waals surface area contributed by atoms with E-state index < -0.39 is 0 Å². The number of hydrazone groups is 1. The normalized spacial score (nSPS) is 11.1. The van der Waals surface area contributed by atoms with Gasteiger partial charge in [0.25, 0.3) is 0 Å². The molecule has 0 aliphatic rings. The second-order valence-electron chi connectivity index (χ2n) is 4.03. The molecule has 1 aromatic carbocycles. The van der Waals surface area contributed by atoms with Crippen LogP contribution in [0.4, 0.5) is 5.69 Å². The summed E-state index contributed by atoms with van der Waals surface area (Å²) in [5, 5.41) is 5.30. The van der Waals surface area contributed by atoms with E-state index in [0.717, 1.165) is 22.6 Å². The van der Waals surface area contributed by atoms with Gasteiger partial charge in [0.1, 0.15) is 0 Å². The summed E-state index contributed by atoms with van der Waals surface area (Å²) in [6, 6.07) is 7.25. The van der Waals surface area contributed by atoms with Crippen molar-refractivity contribution in [2.75, 3.05) is 5.43 Å². The highest BCUT2D eigenvalue weighted by molar-refractivity contribution is 6.36. The fraction of sp³-hybridized carbons (Fsp3) is 0.154. The highest BCUT2D eigenvalue weighted by atomic mass is 35.5. The van der Waals surface area contributed by atoms with Crippen LogP contribution in [-0.4, -0.2) is 11.2 Å². The summed E-state index contributed by atoms with van der Waals surface area (Å²) in [4.78, 5) is 3.21. The van der Waals surface area contributed by atoms with Gasteiger partial charge in [-0.15, -0.1) is 0 Å². The Morgan fingerprint density at radius 2 is 2.00 bits per heavy atom. The van der Waals surface area contributed by atoms with Crippen molar-refractivity contribution in [1.29, 1.82) is 0 Å². The van der Waals surface area contributed by atoms with Crippen LogP contribution in [0.1, 0.15) is 17.0 Å². The first-order valence-corrected chi connectivity index (χ1v) is 6.22. The van der Waals surface area contributed by atoms with E-state index in [9.17, 15) is 0 Å². The Balaban J connectivity index is 2.09. The van der Waals surface area contributed by atoms with Crippen LogP contribution in [0.15, 0.2) is 29.4 Å². The first kappa shape index (κ1) is 13.0. The van der Waals surface area contributed by atoms with E-state index in [1.165, 1.54) is 0 Å². The third-order valence-electron chi connectivity index (χ3n) is 2.51. The largest absolute Gasteiger partial charge is 0.362 e. The number of aryl methyl sites for hydroxylation is 2. The predicted molar refractivity (Wildman–Crippen MR) is 77.9 cm³/mol. The fourth-order valence-corrected chi connectivity index (χ4v) is 2.08. The Morgan fingerprint density at radius 3 is 2.61 bits per heavy atom. The molecular formula is C13H13Cl2N3. The Hall–Kier alpha value is -1.45. The second-order valence-corrected chi connectivity index (χ2v) is 4.87. The van der Waals surface area contributed by atoms with Crippen molar-refractivity contribution >= 4 is 35.1 Å². The van der Waals surface area contributed by atoms with Gasteiger partial charge in [-0.05, 0) is 38.1 Å². The minimum absolute atomic E-state index is 0.543. The van der Waals surface area contributed by atoms with E-state index in [0.29, 0.717) is 10.0 Å². The summed E-state index contributed by atoms with van der Waals surface area (Å²) in [6.07, 6.45) is 1.75. The molecule has 0 aliphatic carbocycles. The standard InChI is InChI=1S/C13H13Cl2N3/c1-8-5-10(9(2)17-8)7-16-18-13-4-3-11(14)6-12(13)15/h3-7,17-18H,1-2H3/b16-7+. The number of H-pyrrole nitrogens is 1. The Kier molecular flexibility index (Phi) is 3.94. The topological polar surface area (TPSA) is 40.2 Å². The summed E-state index contributed by atoms with van der Waals surface area (Å²) >= 11 is 11.8. The number of rotatable bonds is 3. The average Bonchev–Trinajstić information content (AvgIpc) is 2.61. The maximum absolute atomic E-state index is 6.02. The molecule has 0 fully saturated rings. The summed E-state index contributed by atoms with van der Waals surface area (Å²) in [5.41, 5.74) is 6.85. The van der Waals surface area contributed by atoms with Crippen molar-refractivity contribution in [2.24, 2.45) is 5.10 Å². The molecule has 2 N–H and O–H groups in total. The summed E-state index contributed by atoms with van der Waals surface area (Å²) in [5.74, 6) is 0. The van der Waals surface area contributed by atoms with Gasteiger partial charge in [-0.1, -0.05) is 23.2 Å². The summed E-state index contributed by atoms with van der Waals surface area (Å²) < 4.78 is 0. The molecule has 0 atom stereocenters. The SMILES string of the molecule is Cc1cc(/C=N/Nc2ccc(Cl)cc2Cl)c(C)[nH]1. The second kappa shape index (κ2) is 5.46. The minimum atomic E-state index is 0.543. The van der Waals surface area contributed by atoms with Crippen LogP contribution in [0.3, 0.4) is 0 Å². The van der Waals surface area contributed by atoms with Crippen molar-refractivity contribution in [3.63, 3.8) is 0 Å². The van der Waals surface area contributed by atoms with Crippen molar-refractivity contribution in [3.8, 4) is 0 Å². The van der Waals surface area contributed by atoms with Crippen molar-refractivity contribution < 1.29 is 0 Å². The fourth-order valence-electron chi connectivity index (χ4n) is 1.63. The van der Waals surface area contributed by atoms with Crippen LogP contribution < -0.4 is 5.43 Å². The van der Waals surface area contributed by atoms with E-state index in [-0.39, 0.29) is 0 Å². The lowest BCUT2D eigenvalue weighted by molar-refractivity contribution is 1.19. The number of halogens is 2. The molecule has 0 bridgehead atoms. The molecule has 1 aromatic heterocycles. The van der Waals surface area contributed by atoms with E-state index in [1.807, 2.05) is 19.9 Å². The number of nitrogens with one attached hydrogen (secondary N) is 2. The van der Waals surface area contributed by atoms with Crippen LogP contribution in [0.2, 0.25) is 10.0 Å². The molecule has 0 unspecified atom stereocenters. The van der Waals surface area contributed by atoms with Gasteiger partial charge >= 0.3 is 0 Å².